The summed E-state index contributed by atoms with van der Waals surface area (Å²) in [6, 6.07) is 1.22. The number of nitrogens with zero attached hydrogens (tertiary/aromatic N) is 4. The smallest absolute Gasteiger partial charge is 0.329 e. The van der Waals surface area contributed by atoms with Gasteiger partial charge in [0.1, 0.15) is 0 Å². The van der Waals surface area contributed by atoms with Crippen molar-refractivity contribution in [2.75, 3.05) is 11.3 Å². The van der Waals surface area contributed by atoms with Crippen LogP contribution in [0.15, 0.2) is 16.8 Å². The third kappa shape index (κ3) is 2.26. The molecule has 0 fully saturated rings. The van der Waals surface area contributed by atoms with Gasteiger partial charge in [-0.25, -0.2) is 9.42 Å². The van der Waals surface area contributed by atoms with Crippen molar-refractivity contribution in [3.05, 3.63) is 22.2 Å². The van der Waals surface area contributed by atoms with E-state index in [1.807, 2.05) is 0 Å². The molecule has 0 spiro atoms. The molecule has 0 aliphatic rings. The molecular formula is C9H9N4O6P. The standard InChI is InChI=1S/C9H9N4O6P/c14-3-6(9(15)16)12(20)4-1-2-5(13(17)18)8-7(4)10-19-11-8/h1-2,6,14H,3,20H2,(H,15,16). The highest BCUT2D eigenvalue weighted by molar-refractivity contribution is 7.19. The van der Waals surface area contributed by atoms with Crippen LogP contribution in [0, 0.1) is 10.1 Å². The molecule has 106 valence electrons. The Balaban J connectivity index is 2.56. The maximum Gasteiger partial charge on any atom is 0.329 e. The molecule has 11 heteroatoms. The van der Waals surface area contributed by atoms with Gasteiger partial charge in [-0.05, 0) is 25.8 Å². The average molecular weight is 300 g/mol. The molecule has 1 aromatic heterocycles. The molecule has 2 rings (SSSR count). The Bertz CT molecular complexity index is 674. The molecule has 0 aliphatic carbocycles. The van der Waals surface area contributed by atoms with Crippen molar-refractivity contribution < 1.29 is 24.6 Å². The molecule has 0 aliphatic heterocycles. The Morgan fingerprint density at radius 2 is 2.15 bits per heavy atom. The van der Waals surface area contributed by atoms with Gasteiger partial charge in [-0.2, -0.15) is 0 Å². The van der Waals surface area contributed by atoms with Gasteiger partial charge in [0.05, 0.1) is 17.2 Å². The molecule has 0 saturated heterocycles. The van der Waals surface area contributed by atoms with E-state index in [9.17, 15) is 14.9 Å². The van der Waals surface area contributed by atoms with Crippen LogP contribution in [-0.4, -0.2) is 44.1 Å². The Kier molecular flexibility index (Phi) is 3.77. The van der Waals surface area contributed by atoms with E-state index in [0.29, 0.717) is 0 Å². The summed E-state index contributed by atoms with van der Waals surface area (Å²) in [6.07, 6.45) is 0. The number of nitro benzene ring substituents is 1. The highest BCUT2D eigenvalue weighted by Gasteiger charge is 2.27. The topological polar surface area (TPSA) is 143 Å². The van der Waals surface area contributed by atoms with E-state index < -0.39 is 23.5 Å². The fourth-order valence-corrected chi connectivity index (χ4v) is 2.08. The van der Waals surface area contributed by atoms with Gasteiger partial charge < -0.3 is 14.9 Å². The molecule has 10 nitrogen and oxygen atoms in total. The zero-order chi connectivity index (χ0) is 14.9. The first-order valence-electron chi connectivity index (χ1n) is 5.24. The number of aliphatic hydroxyl groups is 1. The summed E-state index contributed by atoms with van der Waals surface area (Å²) in [5.41, 5.74) is -0.145. The van der Waals surface area contributed by atoms with Crippen molar-refractivity contribution in [3.8, 4) is 0 Å². The molecule has 0 radical (unpaired) electrons. The molecule has 1 heterocycles. The highest BCUT2D eigenvalue weighted by Crippen LogP contribution is 2.33. The minimum absolute atomic E-state index is 0.0360. The number of non-ortho nitro benzene ring substituents is 1. The number of anilines is 1. The molecule has 0 amide bonds. The van der Waals surface area contributed by atoms with Crippen LogP contribution in [0.1, 0.15) is 0 Å². The molecule has 1 aromatic carbocycles. The summed E-state index contributed by atoms with van der Waals surface area (Å²) >= 11 is 0. The van der Waals surface area contributed by atoms with Crippen LogP contribution in [0.25, 0.3) is 11.0 Å². The summed E-state index contributed by atoms with van der Waals surface area (Å²) in [7, 11) is 2.12. The lowest BCUT2D eigenvalue weighted by Gasteiger charge is -2.24. The first-order chi connectivity index (χ1) is 9.47. The fourth-order valence-electron chi connectivity index (χ4n) is 1.65. The van der Waals surface area contributed by atoms with Crippen molar-refractivity contribution in [1.82, 2.24) is 10.3 Å². The number of carboxylic acids is 1. The summed E-state index contributed by atoms with van der Waals surface area (Å²) in [4.78, 5) is 21.2. The summed E-state index contributed by atoms with van der Waals surface area (Å²) in [5, 5.41) is 35.9. The first kappa shape index (κ1) is 14.1. The van der Waals surface area contributed by atoms with Gasteiger partial charge in [0, 0.05) is 6.07 Å². The lowest BCUT2D eigenvalue weighted by atomic mass is 10.2. The molecule has 2 atom stereocenters. The van der Waals surface area contributed by atoms with Crippen molar-refractivity contribution in [1.29, 1.82) is 0 Å². The Hall–Kier alpha value is -2.32. The highest BCUT2D eigenvalue weighted by atomic mass is 31.0. The van der Waals surface area contributed by atoms with Gasteiger partial charge in [-0.1, -0.05) is 0 Å². The second kappa shape index (κ2) is 5.35. The number of hydrogen-bond acceptors (Lipinski definition) is 8. The van der Waals surface area contributed by atoms with E-state index in [4.69, 9.17) is 10.2 Å². The number of aromatic nitrogens is 2. The first-order valence-corrected chi connectivity index (χ1v) is 5.76. The third-order valence-electron chi connectivity index (χ3n) is 2.64. The van der Waals surface area contributed by atoms with Crippen molar-refractivity contribution >= 4 is 37.8 Å². The minimum atomic E-state index is -1.26. The molecule has 2 unspecified atom stereocenters. The molecule has 2 aromatic rings. The number of rotatable bonds is 5. The Morgan fingerprint density at radius 1 is 1.50 bits per heavy atom. The fraction of sp³-hybridized carbons (Fsp3) is 0.222. The van der Waals surface area contributed by atoms with E-state index in [1.54, 1.807) is 0 Å². The van der Waals surface area contributed by atoms with Crippen LogP contribution < -0.4 is 4.67 Å². The zero-order valence-corrected chi connectivity index (χ0v) is 11.0. The molecule has 20 heavy (non-hydrogen) atoms. The lowest BCUT2D eigenvalue weighted by Crippen LogP contribution is -2.37. The second-order valence-electron chi connectivity index (χ2n) is 3.77. The normalized spacial score (nSPS) is 12.3. The number of carboxylic acid groups (broad SMARTS) is 1. The Labute approximate surface area is 113 Å². The van der Waals surface area contributed by atoms with Crippen LogP contribution in [0.5, 0.6) is 0 Å². The summed E-state index contributed by atoms with van der Waals surface area (Å²) in [6.45, 7) is -0.650. The van der Waals surface area contributed by atoms with Crippen LogP contribution in [0.3, 0.4) is 0 Å². The molecule has 2 N–H and O–H groups in total. The van der Waals surface area contributed by atoms with Crippen LogP contribution in [0.2, 0.25) is 0 Å². The lowest BCUT2D eigenvalue weighted by molar-refractivity contribution is -0.383. The van der Waals surface area contributed by atoms with Gasteiger partial charge >= 0.3 is 11.7 Å². The number of carbonyl (C=O) groups is 1. The Morgan fingerprint density at radius 3 is 2.70 bits per heavy atom. The predicted molar refractivity (Wildman–Crippen MR) is 69.2 cm³/mol. The van der Waals surface area contributed by atoms with Gasteiger partial charge in [-0.15, -0.1) is 0 Å². The SMILES string of the molecule is O=C(O)C(CO)N(P)c1ccc([N+](=O)[O-])c2nonc12. The molecular weight excluding hydrogens is 291 g/mol. The zero-order valence-electron chi connectivity index (χ0n) is 9.83. The number of benzene rings is 1. The largest absolute Gasteiger partial charge is 0.480 e. The number of aliphatic hydroxyl groups excluding tert-OH is 1. The molecule has 0 bridgehead atoms. The van der Waals surface area contributed by atoms with Gasteiger partial charge in [0.2, 0.25) is 5.52 Å². The average Bonchev–Trinajstić information content (AvgIpc) is 2.86. The van der Waals surface area contributed by atoms with E-state index in [0.717, 1.165) is 10.7 Å². The summed E-state index contributed by atoms with van der Waals surface area (Å²) in [5.74, 6) is -1.26. The van der Waals surface area contributed by atoms with Crippen molar-refractivity contribution in [3.63, 3.8) is 0 Å². The number of aliphatic carboxylic acids is 1. The van der Waals surface area contributed by atoms with Gasteiger partial charge in [0.15, 0.2) is 11.6 Å². The maximum absolute atomic E-state index is 11.0. The number of hydrogen-bond donors (Lipinski definition) is 2. The number of nitro groups is 1. The third-order valence-corrected chi connectivity index (χ3v) is 3.28. The van der Waals surface area contributed by atoms with E-state index >= 15 is 0 Å². The second-order valence-corrected chi connectivity index (χ2v) is 4.32. The van der Waals surface area contributed by atoms with E-state index in [1.165, 1.54) is 6.07 Å². The van der Waals surface area contributed by atoms with Crippen LogP contribution in [-0.2, 0) is 4.79 Å². The quantitative estimate of drug-likeness (QED) is 0.448. The van der Waals surface area contributed by atoms with E-state index in [2.05, 4.69) is 24.3 Å². The summed E-state index contributed by atoms with van der Waals surface area (Å²) < 4.78 is 5.62. The van der Waals surface area contributed by atoms with Gasteiger partial charge in [0.25, 0.3) is 0 Å². The van der Waals surface area contributed by atoms with Crippen molar-refractivity contribution in [2.45, 2.75) is 6.04 Å². The minimum Gasteiger partial charge on any atom is -0.480 e. The monoisotopic (exact) mass is 300 g/mol. The van der Waals surface area contributed by atoms with Crippen LogP contribution >= 0.6 is 9.39 Å². The van der Waals surface area contributed by atoms with Crippen molar-refractivity contribution in [2.24, 2.45) is 0 Å². The van der Waals surface area contributed by atoms with Crippen LogP contribution in [0.4, 0.5) is 11.4 Å². The van der Waals surface area contributed by atoms with Gasteiger partial charge in [-0.3, -0.25) is 10.1 Å². The van der Waals surface area contributed by atoms with E-state index in [-0.39, 0.29) is 22.4 Å². The predicted octanol–water partition coefficient (Wildman–Crippen LogP) is 0.173. The maximum atomic E-state index is 11.0. The number of fused-ring (bicyclic) bond motifs is 1. The molecule has 0 saturated carbocycles.